The molecule has 35 heavy (non-hydrogen) atoms. The molecule has 0 saturated carbocycles. The summed E-state index contributed by atoms with van der Waals surface area (Å²) in [5.41, 5.74) is 16.6. The lowest BCUT2D eigenvalue weighted by molar-refractivity contribution is -0.136. The minimum atomic E-state index is -0.733. The Morgan fingerprint density at radius 1 is 0.857 bits per heavy atom. The largest absolute Gasteiger partial charge is 0.508 e. The monoisotopic (exact) mass is 472 g/mol. The number of aromatic hydroxyl groups is 1. The van der Waals surface area contributed by atoms with Crippen molar-refractivity contribution in [1.29, 1.82) is 0 Å². The third kappa shape index (κ3) is 6.26. The maximum Gasteiger partial charge on any atom is 0.240 e. The van der Waals surface area contributed by atoms with Gasteiger partial charge in [-0.1, -0.05) is 66.7 Å². The summed E-state index contributed by atoms with van der Waals surface area (Å²) in [4.78, 5) is 27.9. The number of phenols is 1. The number of amides is 2. The van der Waals surface area contributed by atoms with E-state index in [0.717, 1.165) is 22.3 Å². The van der Waals surface area contributed by atoms with Crippen molar-refractivity contribution in [3.8, 4) is 5.75 Å². The third-order valence-electron chi connectivity index (χ3n) is 6.49. The lowest BCUT2D eigenvalue weighted by Crippen LogP contribution is -2.56. The molecule has 0 saturated heterocycles. The fourth-order valence-electron chi connectivity index (χ4n) is 4.52. The van der Waals surface area contributed by atoms with Gasteiger partial charge in [0.15, 0.2) is 0 Å². The van der Waals surface area contributed by atoms with Gasteiger partial charge in [-0.15, -0.1) is 0 Å². The highest BCUT2D eigenvalue weighted by atomic mass is 16.3. The zero-order chi connectivity index (χ0) is 24.8. The first-order valence-electron chi connectivity index (χ1n) is 11.9. The van der Waals surface area contributed by atoms with Crippen LogP contribution < -0.4 is 16.8 Å². The minimum Gasteiger partial charge on any atom is -0.508 e. The number of nitrogens with two attached hydrogens (primary N) is 2. The van der Waals surface area contributed by atoms with Crippen molar-refractivity contribution in [3.05, 3.63) is 101 Å². The van der Waals surface area contributed by atoms with E-state index in [-0.39, 0.29) is 23.6 Å². The third-order valence-corrected chi connectivity index (χ3v) is 6.49. The van der Waals surface area contributed by atoms with Crippen LogP contribution in [0.4, 0.5) is 0 Å². The Balaban J connectivity index is 1.43. The van der Waals surface area contributed by atoms with E-state index in [0.29, 0.717) is 32.4 Å². The van der Waals surface area contributed by atoms with Crippen LogP contribution in [0, 0.1) is 0 Å². The molecule has 0 aliphatic carbocycles. The van der Waals surface area contributed by atoms with E-state index in [1.165, 1.54) is 0 Å². The molecule has 0 bridgehead atoms. The molecule has 3 aromatic rings. The molecule has 0 spiro atoms. The number of nitrogens with zero attached hydrogens (tertiary/aromatic N) is 1. The summed E-state index contributed by atoms with van der Waals surface area (Å²) < 4.78 is 0. The Kier molecular flexibility index (Phi) is 7.80. The molecular formula is C28H32N4O3. The molecule has 6 N–H and O–H groups in total. The number of hydrogen-bond acceptors (Lipinski definition) is 5. The van der Waals surface area contributed by atoms with Crippen molar-refractivity contribution in [1.82, 2.24) is 10.2 Å². The Morgan fingerprint density at radius 2 is 1.46 bits per heavy atom. The lowest BCUT2D eigenvalue weighted by atomic mass is 9.92. The van der Waals surface area contributed by atoms with Crippen LogP contribution in [0.5, 0.6) is 5.75 Å². The minimum absolute atomic E-state index is 0.166. The van der Waals surface area contributed by atoms with Gasteiger partial charge in [-0.3, -0.25) is 9.59 Å². The van der Waals surface area contributed by atoms with Gasteiger partial charge in [0.2, 0.25) is 11.8 Å². The lowest BCUT2D eigenvalue weighted by Gasteiger charge is -2.38. The molecule has 1 heterocycles. The van der Waals surface area contributed by atoms with Crippen LogP contribution in [0.2, 0.25) is 0 Å². The quantitative estimate of drug-likeness (QED) is 0.399. The Morgan fingerprint density at radius 3 is 2.17 bits per heavy atom. The number of nitrogens with one attached hydrogen (secondary N) is 1. The maximum absolute atomic E-state index is 13.4. The summed E-state index contributed by atoms with van der Waals surface area (Å²) >= 11 is 0. The molecule has 1 aliphatic heterocycles. The first kappa shape index (κ1) is 24.4. The van der Waals surface area contributed by atoms with Crippen LogP contribution >= 0.6 is 0 Å². The van der Waals surface area contributed by atoms with Crippen LogP contribution in [0.25, 0.3) is 0 Å². The van der Waals surface area contributed by atoms with E-state index in [4.69, 9.17) is 11.5 Å². The van der Waals surface area contributed by atoms with E-state index >= 15 is 0 Å². The molecule has 1 unspecified atom stereocenters. The summed E-state index contributed by atoms with van der Waals surface area (Å²) in [6.45, 7) is 0.738. The van der Waals surface area contributed by atoms with E-state index in [2.05, 4.69) is 11.4 Å². The molecule has 182 valence electrons. The SMILES string of the molecule is N[C@@H](Cc1ccccc1)C(=O)NCC1Cc2ccccc2CN1C(=O)[C@@H](N)Cc1ccc(O)cc1. The molecular weight excluding hydrogens is 440 g/mol. The summed E-state index contributed by atoms with van der Waals surface area (Å²) in [5.74, 6) is -0.239. The van der Waals surface area contributed by atoms with Gasteiger partial charge in [-0.25, -0.2) is 0 Å². The van der Waals surface area contributed by atoms with Gasteiger partial charge >= 0.3 is 0 Å². The van der Waals surface area contributed by atoms with Gasteiger partial charge in [0.25, 0.3) is 0 Å². The van der Waals surface area contributed by atoms with E-state index in [1.54, 1.807) is 29.2 Å². The van der Waals surface area contributed by atoms with Gasteiger partial charge < -0.3 is 26.8 Å². The summed E-state index contributed by atoms with van der Waals surface area (Å²) in [5, 5.41) is 12.5. The molecule has 1 aliphatic rings. The molecule has 7 nitrogen and oxygen atoms in total. The molecule has 0 fully saturated rings. The fourth-order valence-corrected chi connectivity index (χ4v) is 4.52. The van der Waals surface area contributed by atoms with Crippen LogP contribution in [0.1, 0.15) is 22.3 Å². The molecule has 0 aromatic heterocycles. The smallest absolute Gasteiger partial charge is 0.240 e. The van der Waals surface area contributed by atoms with Gasteiger partial charge in [0, 0.05) is 13.1 Å². The van der Waals surface area contributed by atoms with Crippen LogP contribution in [-0.4, -0.2) is 46.5 Å². The van der Waals surface area contributed by atoms with Crippen molar-refractivity contribution in [2.24, 2.45) is 11.5 Å². The zero-order valence-corrected chi connectivity index (χ0v) is 19.6. The molecule has 0 radical (unpaired) electrons. The molecule has 7 heteroatoms. The van der Waals surface area contributed by atoms with Crippen molar-refractivity contribution in [3.63, 3.8) is 0 Å². The van der Waals surface area contributed by atoms with Crippen LogP contribution in [0.3, 0.4) is 0 Å². The number of fused-ring (bicyclic) bond motifs is 1. The Bertz CT molecular complexity index is 1150. The summed E-state index contributed by atoms with van der Waals surface area (Å²) in [6.07, 6.45) is 1.43. The highest BCUT2D eigenvalue weighted by Crippen LogP contribution is 2.24. The number of rotatable bonds is 8. The first-order chi connectivity index (χ1) is 16.9. The number of phenolic OH excluding ortho intramolecular Hbond substituents is 1. The van der Waals surface area contributed by atoms with Gasteiger partial charge in [-0.05, 0) is 53.6 Å². The van der Waals surface area contributed by atoms with Gasteiger partial charge in [-0.2, -0.15) is 0 Å². The Hall–Kier alpha value is -3.68. The van der Waals surface area contributed by atoms with Crippen LogP contribution in [-0.2, 0) is 35.4 Å². The second-order valence-electron chi connectivity index (χ2n) is 9.11. The van der Waals surface area contributed by atoms with Gasteiger partial charge in [0.1, 0.15) is 5.75 Å². The predicted molar refractivity (Wildman–Crippen MR) is 135 cm³/mol. The standard InChI is InChI=1S/C28H32N4O3/c29-25(14-19-6-2-1-3-7-19)27(34)31-17-23-16-21-8-4-5-9-22(21)18-32(23)28(35)26(30)15-20-10-12-24(33)13-11-20/h1-13,23,25-26,33H,14-18,29-30H2,(H,31,34)/t23?,25-,26-/m0/s1. The number of carbonyl (C=O) groups excluding carboxylic acids is 2. The second-order valence-corrected chi connectivity index (χ2v) is 9.11. The Labute approximate surface area is 205 Å². The summed E-state index contributed by atoms with van der Waals surface area (Å²) in [6, 6.07) is 22.7. The van der Waals surface area contributed by atoms with Crippen LogP contribution in [0.15, 0.2) is 78.9 Å². The highest BCUT2D eigenvalue weighted by Gasteiger charge is 2.33. The fraction of sp³-hybridized carbons (Fsp3) is 0.286. The highest BCUT2D eigenvalue weighted by molar-refractivity contribution is 5.83. The van der Waals surface area contributed by atoms with Crippen molar-refractivity contribution in [2.45, 2.75) is 43.9 Å². The van der Waals surface area contributed by atoms with E-state index in [9.17, 15) is 14.7 Å². The first-order valence-corrected chi connectivity index (χ1v) is 11.9. The zero-order valence-electron chi connectivity index (χ0n) is 19.6. The molecule has 3 atom stereocenters. The second kappa shape index (κ2) is 11.2. The van der Waals surface area contributed by atoms with Crippen molar-refractivity contribution in [2.75, 3.05) is 6.54 Å². The molecule has 4 rings (SSSR count). The van der Waals surface area contributed by atoms with E-state index < -0.39 is 12.1 Å². The predicted octanol–water partition coefficient (Wildman–Crippen LogP) is 1.90. The van der Waals surface area contributed by atoms with E-state index in [1.807, 2.05) is 48.5 Å². The maximum atomic E-state index is 13.4. The molecule has 2 amide bonds. The average Bonchev–Trinajstić information content (AvgIpc) is 2.88. The summed E-state index contributed by atoms with van der Waals surface area (Å²) in [7, 11) is 0. The average molecular weight is 473 g/mol. The number of hydrogen-bond donors (Lipinski definition) is 4. The normalized spacial score (nSPS) is 16.7. The number of benzene rings is 3. The van der Waals surface area contributed by atoms with Crippen molar-refractivity contribution >= 4 is 11.8 Å². The van der Waals surface area contributed by atoms with Gasteiger partial charge in [0.05, 0.1) is 18.1 Å². The topological polar surface area (TPSA) is 122 Å². The molecule has 3 aromatic carbocycles. The number of carbonyl (C=O) groups is 2. The van der Waals surface area contributed by atoms with Crippen molar-refractivity contribution < 1.29 is 14.7 Å².